The van der Waals surface area contributed by atoms with Crippen molar-refractivity contribution in [2.24, 2.45) is 5.41 Å². The molecule has 1 unspecified atom stereocenters. The lowest BCUT2D eigenvalue weighted by Gasteiger charge is -2.24. The summed E-state index contributed by atoms with van der Waals surface area (Å²) in [5.41, 5.74) is -0.760. The molecule has 1 atom stereocenters. The monoisotopic (exact) mass is 256 g/mol. The maximum atomic E-state index is 11.6. The van der Waals surface area contributed by atoms with E-state index in [1.54, 1.807) is 0 Å². The number of carbonyl (C=O) groups excluding carboxylic acids is 1. The van der Waals surface area contributed by atoms with Crippen LogP contribution in [0.3, 0.4) is 0 Å². The standard InChI is InChI=1S/C12H20N2O4/c15-10(16)12(4-1-2-5-12)8-13-11(17)14-9-3-6-18-7-9/h9H,1-8H2,(H,15,16)(H2,13,14,17). The molecule has 0 aromatic carbocycles. The Labute approximate surface area is 106 Å². The summed E-state index contributed by atoms with van der Waals surface area (Å²) in [5, 5.41) is 14.7. The fourth-order valence-corrected chi connectivity index (χ4v) is 2.65. The van der Waals surface area contributed by atoms with Gasteiger partial charge in [0.05, 0.1) is 18.1 Å². The third-order valence-corrected chi connectivity index (χ3v) is 3.87. The van der Waals surface area contributed by atoms with Crippen LogP contribution in [-0.2, 0) is 9.53 Å². The van der Waals surface area contributed by atoms with Crippen LogP contribution in [0, 0.1) is 5.41 Å². The molecule has 0 aromatic heterocycles. The zero-order valence-electron chi connectivity index (χ0n) is 10.4. The molecular formula is C12H20N2O4. The van der Waals surface area contributed by atoms with Gasteiger partial charge >= 0.3 is 12.0 Å². The summed E-state index contributed by atoms with van der Waals surface area (Å²) >= 11 is 0. The molecule has 0 radical (unpaired) electrons. The van der Waals surface area contributed by atoms with Gasteiger partial charge in [0.2, 0.25) is 0 Å². The Morgan fingerprint density at radius 1 is 1.33 bits per heavy atom. The number of nitrogens with one attached hydrogen (secondary N) is 2. The number of hydrogen-bond acceptors (Lipinski definition) is 3. The van der Waals surface area contributed by atoms with Gasteiger partial charge in [-0.1, -0.05) is 12.8 Å². The first-order chi connectivity index (χ1) is 8.62. The average molecular weight is 256 g/mol. The molecule has 0 bridgehead atoms. The third kappa shape index (κ3) is 2.93. The summed E-state index contributed by atoms with van der Waals surface area (Å²) in [6.07, 6.45) is 3.96. The van der Waals surface area contributed by atoms with Crippen LogP contribution in [0.1, 0.15) is 32.1 Å². The van der Waals surface area contributed by atoms with Crippen molar-refractivity contribution in [2.75, 3.05) is 19.8 Å². The zero-order valence-corrected chi connectivity index (χ0v) is 10.4. The van der Waals surface area contributed by atoms with Gasteiger partial charge in [-0.3, -0.25) is 4.79 Å². The SMILES string of the molecule is O=C(NCC1(C(=O)O)CCCC1)NC1CCOC1. The van der Waals surface area contributed by atoms with Crippen molar-refractivity contribution >= 4 is 12.0 Å². The van der Waals surface area contributed by atoms with Crippen LogP contribution in [0.4, 0.5) is 4.79 Å². The van der Waals surface area contributed by atoms with Gasteiger partial charge in [-0.2, -0.15) is 0 Å². The number of ether oxygens (including phenoxy) is 1. The second-order valence-corrected chi connectivity index (χ2v) is 5.18. The Morgan fingerprint density at radius 3 is 2.61 bits per heavy atom. The molecular weight excluding hydrogens is 236 g/mol. The van der Waals surface area contributed by atoms with Crippen LogP contribution in [0.5, 0.6) is 0 Å². The Kier molecular flexibility index (Phi) is 4.06. The molecule has 1 saturated carbocycles. The van der Waals surface area contributed by atoms with Gasteiger partial charge in [0.1, 0.15) is 0 Å². The topological polar surface area (TPSA) is 87.7 Å². The van der Waals surface area contributed by atoms with E-state index in [4.69, 9.17) is 4.74 Å². The van der Waals surface area contributed by atoms with Crippen molar-refractivity contribution in [3.05, 3.63) is 0 Å². The van der Waals surface area contributed by atoms with Crippen LogP contribution in [0.25, 0.3) is 0 Å². The minimum Gasteiger partial charge on any atom is -0.481 e. The lowest BCUT2D eigenvalue weighted by atomic mass is 9.86. The van der Waals surface area contributed by atoms with E-state index in [9.17, 15) is 14.7 Å². The van der Waals surface area contributed by atoms with E-state index in [0.29, 0.717) is 26.1 Å². The second-order valence-electron chi connectivity index (χ2n) is 5.18. The number of carbonyl (C=O) groups is 2. The molecule has 1 heterocycles. The number of amides is 2. The maximum absolute atomic E-state index is 11.6. The highest BCUT2D eigenvalue weighted by molar-refractivity contribution is 5.78. The summed E-state index contributed by atoms with van der Waals surface area (Å²) in [7, 11) is 0. The van der Waals surface area contributed by atoms with Gasteiger partial charge in [-0.25, -0.2) is 4.79 Å². The summed E-state index contributed by atoms with van der Waals surface area (Å²) in [6, 6.07) is -0.243. The quantitative estimate of drug-likeness (QED) is 0.691. The predicted octanol–water partition coefficient (Wildman–Crippen LogP) is 0.719. The maximum Gasteiger partial charge on any atom is 0.315 e. The fraction of sp³-hybridized carbons (Fsp3) is 0.833. The fourth-order valence-electron chi connectivity index (χ4n) is 2.65. The van der Waals surface area contributed by atoms with E-state index in [2.05, 4.69) is 10.6 Å². The van der Waals surface area contributed by atoms with Crippen LogP contribution in [0.15, 0.2) is 0 Å². The van der Waals surface area contributed by atoms with Gasteiger partial charge in [0.25, 0.3) is 0 Å². The van der Waals surface area contributed by atoms with E-state index < -0.39 is 11.4 Å². The average Bonchev–Trinajstić information content (AvgIpc) is 2.97. The van der Waals surface area contributed by atoms with E-state index in [1.807, 2.05) is 0 Å². The molecule has 1 aliphatic carbocycles. The zero-order chi connectivity index (χ0) is 13.0. The summed E-state index contributed by atoms with van der Waals surface area (Å²) in [6.45, 7) is 1.42. The van der Waals surface area contributed by atoms with Crippen molar-refractivity contribution in [2.45, 2.75) is 38.1 Å². The lowest BCUT2D eigenvalue weighted by Crippen LogP contribution is -2.47. The highest BCUT2D eigenvalue weighted by Crippen LogP contribution is 2.37. The first-order valence-corrected chi connectivity index (χ1v) is 6.48. The predicted molar refractivity (Wildman–Crippen MR) is 64.3 cm³/mol. The summed E-state index contributed by atoms with van der Waals surface area (Å²) in [5.74, 6) is -0.801. The molecule has 18 heavy (non-hydrogen) atoms. The molecule has 2 fully saturated rings. The largest absolute Gasteiger partial charge is 0.481 e. The molecule has 3 N–H and O–H groups in total. The summed E-state index contributed by atoms with van der Waals surface area (Å²) in [4.78, 5) is 22.9. The molecule has 6 heteroatoms. The molecule has 1 aliphatic heterocycles. The highest BCUT2D eigenvalue weighted by atomic mass is 16.5. The molecule has 102 valence electrons. The summed E-state index contributed by atoms with van der Waals surface area (Å²) < 4.78 is 5.16. The van der Waals surface area contributed by atoms with Gasteiger partial charge < -0.3 is 20.5 Å². The minimum atomic E-state index is -0.801. The van der Waals surface area contributed by atoms with Crippen LogP contribution in [0.2, 0.25) is 0 Å². The number of carboxylic acid groups (broad SMARTS) is 1. The lowest BCUT2D eigenvalue weighted by molar-refractivity contribution is -0.148. The van der Waals surface area contributed by atoms with Crippen molar-refractivity contribution < 1.29 is 19.4 Å². The molecule has 0 aromatic rings. The molecule has 2 amide bonds. The van der Waals surface area contributed by atoms with Crippen LogP contribution >= 0.6 is 0 Å². The smallest absolute Gasteiger partial charge is 0.315 e. The first kappa shape index (κ1) is 13.1. The highest BCUT2D eigenvalue weighted by Gasteiger charge is 2.41. The molecule has 2 aliphatic rings. The number of carboxylic acids is 1. The van der Waals surface area contributed by atoms with E-state index in [0.717, 1.165) is 19.3 Å². The molecule has 1 saturated heterocycles. The third-order valence-electron chi connectivity index (χ3n) is 3.87. The van der Waals surface area contributed by atoms with Gasteiger partial charge in [-0.05, 0) is 19.3 Å². The first-order valence-electron chi connectivity index (χ1n) is 6.48. The van der Waals surface area contributed by atoms with Gasteiger partial charge in [0, 0.05) is 13.2 Å². The van der Waals surface area contributed by atoms with Crippen molar-refractivity contribution in [3.63, 3.8) is 0 Å². The second kappa shape index (κ2) is 5.56. The number of hydrogen-bond donors (Lipinski definition) is 3. The molecule has 2 rings (SSSR count). The van der Waals surface area contributed by atoms with E-state index >= 15 is 0 Å². The Bertz CT molecular complexity index is 320. The van der Waals surface area contributed by atoms with Crippen LogP contribution in [-0.4, -0.2) is 42.9 Å². The molecule has 0 spiro atoms. The van der Waals surface area contributed by atoms with Crippen LogP contribution < -0.4 is 10.6 Å². The van der Waals surface area contributed by atoms with Crippen molar-refractivity contribution in [3.8, 4) is 0 Å². The Hall–Kier alpha value is -1.30. The van der Waals surface area contributed by atoms with Gasteiger partial charge in [0.15, 0.2) is 0 Å². The van der Waals surface area contributed by atoms with Crippen molar-refractivity contribution in [1.29, 1.82) is 0 Å². The number of aliphatic carboxylic acids is 1. The normalized spacial score (nSPS) is 25.9. The minimum absolute atomic E-state index is 0.0503. The van der Waals surface area contributed by atoms with E-state index in [1.165, 1.54) is 0 Å². The van der Waals surface area contributed by atoms with E-state index in [-0.39, 0.29) is 18.6 Å². The van der Waals surface area contributed by atoms with Crippen molar-refractivity contribution in [1.82, 2.24) is 10.6 Å². The Balaban J connectivity index is 1.78. The molecule has 6 nitrogen and oxygen atoms in total. The number of rotatable bonds is 4. The van der Waals surface area contributed by atoms with Gasteiger partial charge in [-0.15, -0.1) is 0 Å². The number of urea groups is 1. The Morgan fingerprint density at radius 2 is 2.06 bits per heavy atom.